The highest BCUT2D eigenvalue weighted by atomic mass is 32.2. The minimum Gasteiger partial charge on any atom is -0.273 e. The molecule has 0 bridgehead atoms. The molecule has 1 aromatic rings. The van der Waals surface area contributed by atoms with E-state index in [1.807, 2.05) is 24.3 Å². The minimum atomic E-state index is -3.08. The van der Waals surface area contributed by atoms with Crippen molar-refractivity contribution in [3.05, 3.63) is 29.8 Å². The monoisotopic (exact) mass is 211 g/mol. The standard InChI is InChI=1S/C10H13NO2S/c1-11-10-7-3-2-5-9(10)6-4-8-14(11,12)13/h2-3,5,7H,4,6,8H2,1H3. The second-order valence-electron chi connectivity index (χ2n) is 3.52. The predicted octanol–water partition coefficient (Wildman–Crippen LogP) is 1.40. The third-order valence-corrected chi connectivity index (χ3v) is 4.43. The fraction of sp³-hybridized carbons (Fsp3) is 0.400. The van der Waals surface area contributed by atoms with E-state index in [4.69, 9.17) is 0 Å². The number of nitrogens with zero attached hydrogens (tertiary/aromatic N) is 1. The molecular formula is C10H13NO2S. The summed E-state index contributed by atoms with van der Waals surface area (Å²) in [6.07, 6.45) is 1.56. The molecular weight excluding hydrogens is 198 g/mol. The van der Waals surface area contributed by atoms with Gasteiger partial charge in [0.15, 0.2) is 0 Å². The van der Waals surface area contributed by atoms with Crippen molar-refractivity contribution in [2.75, 3.05) is 17.1 Å². The number of para-hydroxylation sites is 1. The van der Waals surface area contributed by atoms with Crippen molar-refractivity contribution >= 4 is 15.7 Å². The first-order valence-electron chi connectivity index (χ1n) is 4.66. The molecule has 3 nitrogen and oxygen atoms in total. The van der Waals surface area contributed by atoms with Gasteiger partial charge in [-0.05, 0) is 24.5 Å². The Hall–Kier alpha value is -1.03. The molecule has 0 saturated heterocycles. The fourth-order valence-corrected chi connectivity index (χ4v) is 3.02. The smallest absolute Gasteiger partial charge is 0.234 e. The zero-order chi connectivity index (χ0) is 10.2. The lowest BCUT2D eigenvalue weighted by atomic mass is 10.1. The third-order valence-electron chi connectivity index (χ3n) is 2.60. The van der Waals surface area contributed by atoms with E-state index in [0.29, 0.717) is 6.42 Å². The maximum Gasteiger partial charge on any atom is 0.234 e. The van der Waals surface area contributed by atoms with Gasteiger partial charge in [-0.25, -0.2) is 8.42 Å². The SMILES string of the molecule is CN1c2ccccc2CCCS1(=O)=O. The molecule has 0 radical (unpaired) electrons. The molecule has 76 valence electrons. The van der Waals surface area contributed by atoms with Gasteiger partial charge in [-0.3, -0.25) is 4.31 Å². The molecule has 1 aliphatic heterocycles. The second-order valence-corrected chi connectivity index (χ2v) is 5.64. The van der Waals surface area contributed by atoms with Crippen LogP contribution >= 0.6 is 0 Å². The number of hydrogen-bond donors (Lipinski definition) is 0. The molecule has 14 heavy (non-hydrogen) atoms. The quantitative estimate of drug-likeness (QED) is 0.650. The van der Waals surface area contributed by atoms with Crippen LogP contribution < -0.4 is 4.31 Å². The molecule has 0 aromatic heterocycles. The van der Waals surface area contributed by atoms with Crippen molar-refractivity contribution < 1.29 is 8.42 Å². The highest BCUT2D eigenvalue weighted by molar-refractivity contribution is 7.92. The molecule has 0 aliphatic carbocycles. The maximum atomic E-state index is 11.7. The Kier molecular flexibility index (Phi) is 2.23. The van der Waals surface area contributed by atoms with Crippen LogP contribution in [0.4, 0.5) is 5.69 Å². The lowest BCUT2D eigenvalue weighted by Gasteiger charge is -2.18. The van der Waals surface area contributed by atoms with E-state index in [1.165, 1.54) is 4.31 Å². The van der Waals surface area contributed by atoms with Crippen LogP contribution in [-0.2, 0) is 16.4 Å². The average molecular weight is 211 g/mol. The maximum absolute atomic E-state index is 11.7. The van der Waals surface area contributed by atoms with Gasteiger partial charge in [0.25, 0.3) is 0 Å². The van der Waals surface area contributed by atoms with E-state index in [2.05, 4.69) is 0 Å². The fourth-order valence-electron chi connectivity index (χ4n) is 1.76. The summed E-state index contributed by atoms with van der Waals surface area (Å²) in [5, 5.41) is 0. The summed E-state index contributed by atoms with van der Waals surface area (Å²) in [6, 6.07) is 7.67. The van der Waals surface area contributed by atoms with E-state index < -0.39 is 10.0 Å². The second kappa shape index (κ2) is 3.28. The van der Waals surface area contributed by atoms with Crippen LogP contribution in [0.25, 0.3) is 0 Å². The van der Waals surface area contributed by atoms with E-state index >= 15 is 0 Å². The Morgan fingerprint density at radius 1 is 1.29 bits per heavy atom. The van der Waals surface area contributed by atoms with Gasteiger partial charge in [-0.15, -0.1) is 0 Å². The van der Waals surface area contributed by atoms with Crippen LogP contribution in [-0.4, -0.2) is 21.2 Å². The lowest BCUT2D eigenvalue weighted by Crippen LogP contribution is -2.27. The average Bonchev–Trinajstić information content (AvgIpc) is 2.27. The number of fused-ring (bicyclic) bond motifs is 1. The summed E-state index contributed by atoms with van der Waals surface area (Å²) in [4.78, 5) is 0. The van der Waals surface area contributed by atoms with Crippen LogP contribution in [0.15, 0.2) is 24.3 Å². The first-order valence-corrected chi connectivity index (χ1v) is 6.27. The normalized spacial score (nSPS) is 19.9. The van der Waals surface area contributed by atoms with Gasteiger partial charge in [0.1, 0.15) is 0 Å². The largest absolute Gasteiger partial charge is 0.273 e. The summed E-state index contributed by atoms with van der Waals surface area (Å²) in [6.45, 7) is 0. The van der Waals surface area contributed by atoms with Gasteiger partial charge in [0, 0.05) is 7.05 Å². The van der Waals surface area contributed by atoms with E-state index in [-0.39, 0.29) is 5.75 Å². The van der Waals surface area contributed by atoms with Crippen molar-refractivity contribution in [2.24, 2.45) is 0 Å². The molecule has 1 aliphatic rings. The Morgan fingerprint density at radius 2 is 2.00 bits per heavy atom. The number of rotatable bonds is 0. The zero-order valence-corrected chi connectivity index (χ0v) is 8.92. The first-order chi connectivity index (χ1) is 6.61. The van der Waals surface area contributed by atoms with E-state index in [0.717, 1.165) is 17.7 Å². The number of hydrogen-bond acceptors (Lipinski definition) is 2. The van der Waals surface area contributed by atoms with Gasteiger partial charge in [0.05, 0.1) is 11.4 Å². The Bertz CT molecular complexity index is 439. The van der Waals surface area contributed by atoms with Crippen molar-refractivity contribution in [1.82, 2.24) is 0 Å². The van der Waals surface area contributed by atoms with Crippen LogP contribution in [0.3, 0.4) is 0 Å². The highest BCUT2D eigenvalue weighted by Gasteiger charge is 2.23. The van der Waals surface area contributed by atoms with Crippen LogP contribution in [0.1, 0.15) is 12.0 Å². The van der Waals surface area contributed by atoms with E-state index in [1.54, 1.807) is 7.05 Å². The summed E-state index contributed by atoms with van der Waals surface area (Å²) in [5.41, 5.74) is 1.95. The summed E-state index contributed by atoms with van der Waals surface area (Å²) in [5.74, 6) is 0.248. The van der Waals surface area contributed by atoms with Crippen molar-refractivity contribution in [2.45, 2.75) is 12.8 Å². The molecule has 0 amide bonds. The molecule has 1 heterocycles. The molecule has 4 heteroatoms. The van der Waals surface area contributed by atoms with Gasteiger partial charge in [-0.2, -0.15) is 0 Å². The van der Waals surface area contributed by atoms with Crippen LogP contribution in [0, 0.1) is 0 Å². The Morgan fingerprint density at radius 3 is 2.79 bits per heavy atom. The van der Waals surface area contributed by atoms with Gasteiger partial charge >= 0.3 is 0 Å². The lowest BCUT2D eigenvalue weighted by molar-refractivity contribution is 0.593. The van der Waals surface area contributed by atoms with Gasteiger partial charge in [-0.1, -0.05) is 18.2 Å². The highest BCUT2D eigenvalue weighted by Crippen LogP contribution is 2.26. The molecule has 0 saturated carbocycles. The number of sulfonamides is 1. The summed E-state index contributed by atoms with van der Waals surface area (Å²) >= 11 is 0. The first kappa shape index (κ1) is 9.52. The predicted molar refractivity (Wildman–Crippen MR) is 57.0 cm³/mol. The minimum absolute atomic E-state index is 0.248. The topological polar surface area (TPSA) is 37.4 Å². The van der Waals surface area contributed by atoms with Crippen LogP contribution in [0.2, 0.25) is 0 Å². The molecule has 1 aromatic carbocycles. The van der Waals surface area contributed by atoms with Crippen LogP contribution in [0.5, 0.6) is 0 Å². The molecule has 0 fully saturated rings. The van der Waals surface area contributed by atoms with Gasteiger partial charge < -0.3 is 0 Å². The molecule has 0 atom stereocenters. The molecule has 2 rings (SSSR count). The molecule has 0 N–H and O–H groups in total. The van der Waals surface area contributed by atoms with Crippen molar-refractivity contribution in [1.29, 1.82) is 0 Å². The number of aryl methyl sites for hydroxylation is 1. The number of benzene rings is 1. The van der Waals surface area contributed by atoms with E-state index in [9.17, 15) is 8.42 Å². The summed E-state index contributed by atoms with van der Waals surface area (Å²) in [7, 11) is -1.45. The summed E-state index contributed by atoms with van der Waals surface area (Å²) < 4.78 is 24.8. The van der Waals surface area contributed by atoms with Crippen molar-refractivity contribution in [3.63, 3.8) is 0 Å². The molecule has 0 spiro atoms. The zero-order valence-electron chi connectivity index (χ0n) is 8.10. The Balaban J connectivity index is 2.56. The Labute approximate surface area is 84.4 Å². The molecule has 0 unspecified atom stereocenters. The number of anilines is 1. The van der Waals surface area contributed by atoms with Gasteiger partial charge in [0.2, 0.25) is 10.0 Å². The third kappa shape index (κ3) is 1.50. The van der Waals surface area contributed by atoms with Crippen molar-refractivity contribution in [3.8, 4) is 0 Å².